The number of thiophene rings is 1. The second-order valence-electron chi connectivity index (χ2n) is 7.96. The Balaban J connectivity index is 1.44. The molecule has 1 aliphatic rings. The Morgan fingerprint density at radius 3 is 2.77 bits per heavy atom. The molecule has 0 fully saturated rings. The molecule has 6 heteroatoms. The molecule has 3 aromatic rings. The number of amides is 1. The third-order valence-corrected chi connectivity index (χ3v) is 6.73. The molecule has 0 radical (unpaired) electrons. The molecule has 1 amide bonds. The number of esters is 1. The van der Waals surface area contributed by atoms with E-state index in [-0.39, 0.29) is 18.3 Å². The van der Waals surface area contributed by atoms with Gasteiger partial charge in [0.1, 0.15) is 16.5 Å². The van der Waals surface area contributed by atoms with Crippen molar-refractivity contribution in [3.63, 3.8) is 0 Å². The van der Waals surface area contributed by atoms with Gasteiger partial charge in [0.05, 0.1) is 12.2 Å². The number of anilines is 1. The molecule has 1 aliphatic carbocycles. The monoisotopic (exact) mass is 437 g/mol. The maximum Gasteiger partial charge on any atom is 0.341 e. The van der Waals surface area contributed by atoms with Gasteiger partial charge >= 0.3 is 5.97 Å². The minimum atomic E-state index is -0.344. The fourth-order valence-corrected chi connectivity index (χ4v) is 5.37. The van der Waals surface area contributed by atoms with Gasteiger partial charge < -0.3 is 14.5 Å². The zero-order valence-electron chi connectivity index (χ0n) is 17.9. The minimum Gasteiger partial charge on any atom is -0.462 e. The van der Waals surface area contributed by atoms with Crippen LogP contribution in [0.5, 0.6) is 0 Å². The Morgan fingerprint density at radius 1 is 1.19 bits per heavy atom. The highest BCUT2D eigenvalue weighted by molar-refractivity contribution is 7.17. The number of aryl methyl sites for hydroxylation is 1. The molecule has 162 valence electrons. The minimum absolute atomic E-state index is 0.130. The molecule has 2 heterocycles. The van der Waals surface area contributed by atoms with Crippen LogP contribution in [0.4, 0.5) is 5.00 Å². The van der Waals surface area contributed by atoms with Crippen LogP contribution in [0.25, 0.3) is 11.3 Å². The number of ether oxygens (including phenoxy) is 1. The summed E-state index contributed by atoms with van der Waals surface area (Å²) in [5.41, 5.74) is 2.61. The summed E-state index contributed by atoms with van der Waals surface area (Å²) in [4.78, 5) is 26.5. The van der Waals surface area contributed by atoms with Crippen LogP contribution < -0.4 is 5.32 Å². The third kappa shape index (κ3) is 4.90. The number of nitrogens with one attached hydrogen (secondary N) is 1. The lowest BCUT2D eigenvalue weighted by molar-refractivity contribution is -0.116. The lowest BCUT2D eigenvalue weighted by Gasteiger charge is -2.18. The number of hydrogen-bond donors (Lipinski definition) is 1. The molecular weight excluding hydrogens is 410 g/mol. The summed E-state index contributed by atoms with van der Waals surface area (Å²) in [5.74, 6) is 1.67. The molecule has 31 heavy (non-hydrogen) atoms. The van der Waals surface area contributed by atoms with Crippen molar-refractivity contribution in [2.45, 2.75) is 46.0 Å². The van der Waals surface area contributed by atoms with E-state index < -0.39 is 0 Å². The predicted molar refractivity (Wildman–Crippen MR) is 123 cm³/mol. The van der Waals surface area contributed by atoms with Gasteiger partial charge in [-0.1, -0.05) is 37.3 Å². The van der Waals surface area contributed by atoms with E-state index in [1.165, 1.54) is 16.2 Å². The van der Waals surface area contributed by atoms with Gasteiger partial charge in [-0.15, -0.1) is 11.3 Å². The van der Waals surface area contributed by atoms with Crippen LogP contribution >= 0.6 is 11.3 Å². The molecule has 1 aromatic carbocycles. The van der Waals surface area contributed by atoms with E-state index in [1.807, 2.05) is 42.5 Å². The molecule has 0 unspecified atom stereocenters. The molecule has 5 nitrogen and oxygen atoms in total. The maximum atomic E-state index is 12.7. The van der Waals surface area contributed by atoms with Crippen molar-refractivity contribution in [1.82, 2.24) is 0 Å². The van der Waals surface area contributed by atoms with Crippen LogP contribution in [-0.2, 0) is 28.8 Å². The fourth-order valence-electron chi connectivity index (χ4n) is 3.95. The first-order valence-corrected chi connectivity index (χ1v) is 11.6. The topological polar surface area (TPSA) is 68.5 Å². The number of rotatable bonds is 7. The zero-order valence-corrected chi connectivity index (χ0v) is 18.7. The first-order chi connectivity index (χ1) is 15.0. The smallest absolute Gasteiger partial charge is 0.341 e. The van der Waals surface area contributed by atoms with Crippen molar-refractivity contribution in [1.29, 1.82) is 0 Å². The first-order valence-electron chi connectivity index (χ1n) is 10.8. The van der Waals surface area contributed by atoms with Crippen molar-refractivity contribution in [2.24, 2.45) is 5.92 Å². The standard InChI is InChI=1S/C25H27NO4S/c1-3-29-25(28)23-19-12-9-16(2)15-21(19)31-24(23)26-22(27)14-11-18-10-13-20(30-18)17-7-5-4-6-8-17/h4-8,10,13,16H,3,9,11-12,14-15H2,1-2H3,(H,26,27)/t16-/m0/s1. The molecule has 0 saturated heterocycles. The van der Waals surface area contributed by atoms with E-state index in [1.54, 1.807) is 6.92 Å². The normalized spacial score (nSPS) is 15.4. The van der Waals surface area contributed by atoms with Crippen LogP contribution in [0.15, 0.2) is 46.9 Å². The lowest BCUT2D eigenvalue weighted by atomic mass is 9.88. The lowest BCUT2D eigenvalue weighted by Crippen LogP contribution is -2.16. The Bertz CT molecular complexity index is 1070. The number of carbonyl (C=O) groups excluding carboxylic acids is 2. The third-order valence-electron chi connectivity index (χ3n) is 5.56. The molecule has 0 aliphatic heterocycles. The first kappa shape index (κ1) is 21.4. The van der Waals surface area contributed by atoms with Crippen molar-refractivity contribution >= 4 is 28.2 Å². The maximum absolute atomic E-state index is 12.7. The summed E-state index contributed by atoms with van der Waals surface area (Å²) >= 11 is 1.52. The Morgan fingerprint density at radius 2 is 2.00 bits per heavy atom. The van der Waals surface area contributed by atoms with E-state index in [2.05, 4.69) is 12.2 Å². The number of carbonyl (C=O) groups is 2. The predicted octanol–water partition coefficient (Wildman–Crippen LogP) is 5.88. The summed E-state index contributed by atoms with van der Waals surface area (Å²) in [5, 5.41) is 3.59. The Kier molecular flexibility index (Phi) is 6.56. The van der Waals surface area contributed by atoms with Gasteiger partial charge in [0.2, 0.25) is 5.91 Å². The van der Waals surface area contributed by atoms with Gasteiger partial charge in [-0.2, -0.15) is 0 Å². The number of benzene rings is 1. The second-order valence-corrected chi connectivity index (χ2v) is 9.06. The number of furan rings is 1. The van der Waals surface area contributed by atoms with Crippen molar-refractivity contribution < 1.29 is 18.7 Å². The molecule has 1 N–H and O–H groups in total. The molecule has 2 aromatic heterocycles. The van der Waals surface area contributed by atoms with Gasteiger partial charge in [0.25, 0.3) is 0 Å². The summed E-state index contributed by atoms with van der Waals surface area (Å²) in [6, 6.07) is 13.7. The van der Waals surface area contributed by atoms with Gasteiger partial charge in [-0.25, -0.2) is 4.79 Å². The molecule has 0 bridgehead atoms. The SMILES string of the molecule is CCOC(=O)c1c(NC(=O)CCc2ccc(-c3ccccc3)o2)sc2c1CC[C@H](C)C2. The van der Waals surface area contributed by atoms with Crippen LogP contribution in [-0.4, -0.2) is 18.5 Å². The van der Waals surface area contributed by atoms with Gasteiger partial charge in [0, 0.05) is 23.3 Å². The summed E-state index contributed by atoms with van der Waals surface area (Å²) in [6.45, 7) is 4.33. The zero-order chi connectivity index (χ0) is 21.8. The van der Waals surface area contributed by atoms with Crippen molar-refractivity contribution in [3.05, 3.63) is 64.2 Å². The summed E-state index contributed by atoms with van der Waals surface area (Å²) in [6.07, 6.45) is 3.62. The van der Waals surface area contributed by atoms with Crippen LogP contribution in [0.2, 0.25) is 0 Å². The van der Waals surface area contributed by atoms with E-state index in [0.717, 1.165) is 41.9 Å². The van der Waals surface area contributed by atoms with Gasteiger partial charge in [0.15, 0.2) is 0 Å². The van der Waals surface area contributed by atoms with E-state index in [0.29, 0.717) is 29.5 Å². The highest BCUT2D eigenvalue weighted by Crippen LogP contribution is 2.40. The van der Waals surface area contributed by atoms with Crippen molar-refractivity contribution in [3.8, 4) is 11.3 Å². The summed E-state index contributed by atoms with van der Waals surface area (Å²) in [7, 11) is 0. The molecule has 0 saturated carbocycles. The Hall–Kier alpha value is -2.86. The van der Waals surface area contributed by atoms with Crippen LogP contribution in [0.1, 0.15) is 53.2 Å². The fraction of sp³-hybridized carbons (Fsp3) is 0.360. The average molecular weight is 438 g/mol. The number of fused-ring (bicyclic) bond motifs is 1. The van der Waals surface area contributed by atoms with Crippen LogP contribution in [0, 0.1) is 5.92 Å². The number of hydrogen-bond acceptors (Lipinski definition) is 5. The van der Waals surface area contributed by atoms with Crippen molar-refractivity contribution in [2.75, 3.05) is 11.9 Å². The highest BCUT2D eigenvalue weighted by Gasteiger charge is 2.29. The van der Waals surface area contributed by atoms with Gasteiger partial charge in [-0.05, 0) is 49.8 Å². The summed E-state index contributed by atoms with van der Waals surface area (Å²) < 4.78 is 11.2. The quantitative estimate of drug-likeness (QED) is 0.469. The highest BCUT2D eigenvalue weighted by atomic mass is 32.1. The van der Waals surface area contributed by atoms with E-state index in [4.69, 9.17) is 9.15 Å². The van der Waals surface area contributed by atoms with Gasteiger partial charge in [-0.3, -0.25) is 4.79 Å². The molecule has 4 rings (SSSR count). The van der Waals surface area contributed by atoms with E-state index >= 15 is 0 Å². The molecule has 1 atom stereocenters. The second kappa shape index (κ2) is 9.52. The Labute approximate surface area is 186 Å². The molecule has 0 spiro atoms. The average Bonchev–Trinajstić information content (AvgIpc) is 3.37. The van der Waals surface area contributed by atoms with E-state index in [9.17, 15) is 9.59 Å². The largest absolute Gasteiger partial charge is 0.462 e. The molecular formula is C25H27NO4S. The van der Waals surface area contributed by atoms with Crippen LogP contribution in [0.3, 0.4) is 0 Å².